The second-order valence-corrected chi connectivity index (χ2v) is 4.40. The molecule has 5 nitrogen and oxygen atoms in total. The maximum Gasteiger partial charge on any atom is 0.363 e. The van der Waals surface area contributed by atoms with Gasteiger partial charge in [-0.2, -0.15) is 0 Å². The van der Waals surface area contributed by atoms with Gasteiger partial charge in [-0.15, -0.1) is 0 Å². The maximum absolute atomic E-state index is 11.7. The topological polar surface area (TPSA) is 72.0 Å². The molecule has 0 amide bonds. The third-order valence-corrected chi connectivity index (χ3v) is 2.98. The molecule has 1 aromatic carbocycles. The summed E-state index contributed by atoms with van der Waals surface area (Å²) in [6, 6.07) is 2.92. The number of ether oxygens (including phenoxy) is 1. The summed E-state index contributed by atoms with van der Waals surface area (Å²) in [4.78, 5) is 29.8. The minimum absolute atomic E-state index is 0.000630. The van der Waals surface area contributed by atoms with Gasteiger partial charge in [0.25, 0.3) is 5.56 Å². The number of nitrogens with one attached hydrogen (secondary N) is 1. The van der Waals surface area contributed by atoms with E-state index in [0.29, 0.717) is 11.0 Å². The molecule has 1 N–H and O–H groups in total. The summed E-state index contributed by atoms with van der Waals surface area (Å²) in [5.74, 6) is -0.825. The van der Waals surface area contributed by atoms with Crippen molar-refractivity contribution in [2.24, 2.45) is 0 Å². The van der Waals surface area contributed by atoms with Crippen LogP contribution in [-0.4, -0.2) is 22.5 Å². The second kappa shape index (κ2) is 5.42. The van der Waals surface area contributed by atoms with Gasteiger partial charge in [0.05, 0.1) is 21.1 Å². The second-order valence-electron chi connectivity index (χ2n) is 3.59. The molecule has 0 atom stereocenters. The van der Waals surface area contributed by atoms with E-state index >= 15 is 0 Å². The van der Waals surface area contributed by atoms with Crippen molar-refractivity contribution in [2.45, 2.75) is 0 Å². The molecule has 0 spiro atoms. The third-order valence-electron chi connectivity index (χ3n) is 2.26. The molecule has 0 aliphatic rings. The summed E-state index contributed by atoms with van der Waals surface area (Å²) in [7, 11) is 0. The number of nitrogens with zero attached hydrogens (tertiary/aromatic N) is 1. The van der Waals surface area contributed by atoms with Crippen LogP contribution in [0.1, 0.15) is 10.5 Å². The molecule has 1 heterocycles. The number of hydrogen-bond acceptors (Lipinski definition) is 4. The molecule has 0 aliphatic carbocycles. The van der Waals surface area contributed by atoms with E-state index in [1.807, 2.05) is 0 Å². The van der Waals surface area contributed by atoms with Gasteiger partial charge in [0.15, 0.2) is 0 Å². The summed E-state index contributed by atoms with van der Waals surface area (Å²) in [6.45, 7) is 3.40. The van der Waals surface area contributed by atoms with Crippen LogP contribution < -0.4 is 5.56 Å². The zero-order valence-electron chi connectivity index (χ0n) is 9.57. The molecule has 0 saturated carbocycles. The minimum atomic E-state index is -0.825. The van der Waals surface area contributed by atoms with Gasteiger partial charge in [0.1, 0.15) is 6.61 Å². The summed E-state index contributed by atoms with van der Waals surface area (Å²) in [5.41, 5.74) is -0.257. The predicted molar refractivity (Wildman–Crippen MR) is 72.9 cm³/mol. The predicted octanol–water partition coefficient (Wildman–Crippen LogP) is 2.57. The number of rotatable bonds is 3. The van der Waals surface area contributed by atoms with Crippen LogP contribution in [0.25, 0.3) is 11.0 Å². The van der Waals surface area contributed by atoms with Crippen molar-refractivity contribution >= 4 is 40.2 Å². The Morgan fingerprint density at radius 2 is 2.11 bits per heavy atom. The average Bonchev–Trinajstić information content (AvgIpc) is 2.37. The van der Waals surface area contributed by atoms with Gasteiger partial charge in [-0.3, -0.25) is 4.79 Å². The number of fused-ring (bicyclic) bond motifs is 1. The van der Waals surface area contributed by atoms with Crippen LogP contribution in [0, 0.1) is 0 Å². The molecule has 0 unspecified atom stereocenters. The third kappa shape index (κ3) is 2.77. The lowest BCUT2D eigenvalue weighted by atomic mass is 10.3. The van der Waals surface area contributed by atoms with Gasteiger partial charge in [-0.1, -0.05) is 35.9 Å². The van der Waals surface area contributed by atoms with Gasteiger partial charge >= 0.3 is 5.97 Å². The van der Waals surface area contributed by atoms with Crippen LogP contribution in [0.4, 0.5) is 0 Å². The number of esters is 1. The molecular weight excluding hydrogens is 291 g/mol. The zero-order chi connectivity index (χ0) is 14.0. The van der Waals surface area contributed by atoms with E-state index < -0.39 is 11.5 Å². The van der Waals surface area contributed by atoms with E-state index in [2.05, 4.69) is 16.5 Å². The molecule has 98 valence electrons. The van der Waals surface area contributed by atoms with Crippen LogP contribution in [0.5, 0.6) is 0 Å². The average molecular weight is 299 g/mol. The number of aromatic amines is 1. The van der Waals surface area contributed by atoms with Crippen LogP contribution in [-0.2, 0) is 4.74 Å². The summed E-state index contributed by atoms with van der Waals surface area (Å²) < 4.78 is 4.76. The van der Waals surface area contributed by atoms with E-state index in [1.165, 1.54) is 18.2 Å². The molecule has 7 heteroatoms. The van der Waals surface area contributed by atoms with E-state index in [1.54, 1.807) is 0 Å². The van der Waals surface area contributed by atoms with Crippen LogP contribution >= 0.6 is 23.2 Å². The monoisotopic (exact) mass is 298 g/mol. The lowest BCUT2D eigenvalue weighted by Gasteiger charge is -2.04. The van der Waals surface area contributed by atoms with Gasteiger partial charge in [0, 0.05) is 0 Å². The fourth-order valence-corrected chi connectivity index (χ4v) is 1.74. The molecule has 2 aromatic rings. The molecule has 0 bridgehead atoms. The maximum atomic E-state index is 11.7. The molecule has 0 aliphatic heterocycles. The van der Waals surface area contributed by atoms with Crippen molar-refractivity contribution in [3.8, 4) is 0 Å². The Morgan fingerprint density at radius 1 is 1.42 bits per heavy atom. The van der Waals surface area contributed by atoms with Crippen LogP contribution in [0.3, 0.4) is 0 Å². The Morgan fingerprint density at radius 3 is 2.79 bits per heavy atom. The van der Waals surface area contributed by atoms with Crippen LogP contribution in [0.15, 0.2) is 29.6 Å². The first-order valence-corrected chi connectivity index (χ1v) is 5.95. The number of hydrogen-bond donors (Lipinski definition) is 1. The molecule has 1 aromatic heterocycles. The number of halogens is 2. The van der Waals surface area contributed by atoms with Gasteiger partial charge in [-0.25, -0.2) is 9.78 Å². The fourth-order valence-electron chi connectivity index (χ4n) is 1.42. The van der Waals surface area contributed by atoms with E-state index in [0.717, 1.165) is 0 Å². The number of H-pyrrole nitrogens is 1. The van der Waals surface area contributed by atoms with Crippen molar-refractivity contribution in [2.75, 3.05) is 6.61 Å². The summed E-state index contributed by atoms with van der Waals surface area (Å²) >= 11 is 11.7. The molecule has 19 heavy (non-hydrogen) atoms. The van der Waals surface area contributed by atoms with Gasteiger partial charge in [-0.05, 0) is 12.1 Å². The summed E-state index contributed by atoms with van der Waals surface area (Å²) in [6.07, 6.45) is 1.39. The zero-order valence-corrected chi connectivity index (χ0v) is 11.1. The molecule has 2 rings (SSSR count). The number of benzene rings is 1. The first-order chi connectivity index (χ1) is 9.02. The lowest BCUT2D eigenvalue weighted by molar-refractivity contribution is 0.0541. The number of aromatic nitrogens is 2. The van der Waals surface area contributed by atoms with Crippen molar-refractivity contribution in [1.82, 2.24) is 9.97 Å². The molecular formula is C12H8Cl2N2O3. The van der Waals surface area contributed by atoms with E-state index in [-0.39, 0.29) is 22.3 Å². The first kappa shape index (κ1) is 13.6. The molecule has 0 fully saturated rings. The molecule has 0 saturated heterocycles. The van der Waals surface area contributed by atoms with Crippen molar-refractivity contribution in [1.29, 1.82) is 0 Å². The first-order valence-electron chi connectivity index (χ1n) is 5.20. The Balaban J connectivity index is 2.55. The standard InChI is InChI=1S/C12H8Cl2N2O3/c1-2-3-19-12(18)10-11(17)16-9-5-7(14)6(13)4-8(9)15-10/h2,4-5H,1,3H2,(H,16,17). The lowest BCUT2D eigenvalue weighted by Crippen LogP contribution is -2.22. The molecule has 0 radical (unpaired) electrons. The smallest absolute Gasteiger partial charge is 0.363 e. The highest BCUT2D eigenvalue weighted by Gasteiger charge is 2.15. The van der Waals surface area contributed by atoms with Crippen molar-refractivity contribution in [3.63, 3.8) is 0 Å². The minimum Gasteiger partial charge on any atom is -0.457 e. The Labute approximate surface area is 117 Å². The van der Waals surface area contributed by atoms with E-state index in [4.69, 9.17) is 27.9 Å². The van der Waals surface area contributed by atoms with E-state index in [9.17, 15) is 9.59 Å². The quantitative estimate of drug-likeness (QED) is 0.698. The number of carbonyl (C=O) groups excluding carboxylic acids is 1. The largest absolute Gasteiger partial charge is 0.457 e. The van der Waals surface area contributed by atoms with Crippen molar-refractivity contribution in [3.05, 3.63) is 50.9 Å². The summed E-state index contributed by atoms with van der Waals surface area (Å²) in [5, 5.41) is 0.563. The van der Waals surface area contributed by atoms with Crippen LogP contribution in [0.2, 0.25) is 10.0 Å². The van der Waals surface area contributed by atoms with Gasteiger partial charge in [0.2, 0.25) is 5.69 Å². The Hall–Kier alpha value is -1.85. The SMILES string of the molecule is C=CCOC(=O)c1nc2cc(Cl)c(Cl)cc2[nH]c1=O. The Kier molecular flexibility index (Phi) is 3.87. The highest BCUT2D eigenvalue weighted by atomic mass is 35.5. The Bertz CT molecular complexity index is 725. The highest BCUT2D eigenvalue weighted by Crippen LogP contribution is 2.25. The van der Waals surface area contributed by atoms with Crippen molar-refractivity contribution < 1.29 is 9.53 Å². The normalized spacial score (nSPS) is 10.4. The van der Waals surface area contributed by atoms with Gasteiger partial charge < -0.3 is 9.72 Å². The highest BCUT2D eigenvalue weighted by molar-refractivity contribution is 6.42. The number of carbonyl (C=O) groups is 1. The fraction of sp³-hybridized carbons (Fsp3) is 0.0833.